The van der Waals surface area contributed by atoms with Crippen molar-refractivity contribution in [3.8, 4) is 0 Å². The first-order valence-corrected chi connectivity index (χ1v) is 7.96. The molecule has 0 bridgehead atoms. The Morgan fingerprint density at radius 3 is 2.79 bits per heavy atom. The van der Waals surface area contributed by atoms with Gasteiger partial charge in [-0.15, -0.1) is 0 Å². The minimum atomic E-state index is -0.830. The highest BCUT2D eigenvalue weighted by molar-refractivity contribution is 6.00. The van der Waals surface area contributed by atoms with Crippen molar-refractivity contribution in [1.29, 1.82) is 0 Å². The molecule has 1 aromatic rings. The molecule has 3 rings (SSSR count). The van der Waals surface area contributed by atoms with E-state index < -0.39 is 5.97 Å². The molecule has 2 aliphatic heterocycles. The zero-order valence-corrected chi connectivity index (χ0v) is 13.8. The molecule has 2 heterocycles. The van der Waals surface area contributed by atoms with Gasteiger partial charge in [-0.2, -0.15) is 0 Å². The van der Waals surface area contributed by atoms with Crippen molar-refractivity contribution in [3.05, 3.63) is 39.5 Å². The molecule has 0 amide bonds. The molecule has 1 aromatic carbocycles. The van der Waals surface area contributed by atoms with E-state index in [1.54, 1.807) is 0 Å². The number of nitrogen functional groups attached to an aromatic ring is 1. The lowest BCUT2D eigenvalue weighted by Crippen LogP contribution is -2.10. The van der Waals surface area contributed by atoms with Gasteiger partial charge in [0.2, 0.25) is 0 Å². The fraction of sp³-hybridized carbons (Fsp3) is 0.444. The number of hydrogen-bond donors (Lipinski definition) is 2. The largest absolute Gasteiger partial charge is 0.481 e. The third kappa shape index (κ3) is 2.78. The molecule has 128 valence electrons. The third-order valence-electron chi connectivity index (χ3n) is 5.02. The minimum absolute atomic E-state index is 0.0653. The first-order valence-electron chi connectivity index (χ1n) is 7.96. The van der Waals surface area contributed by atoms with Crippen LogP contribution >= 0.6 is 0 Å². The number of rotatable bonds is 4. The average Bonchev–Trinajstić information content (AvgIpc) is 3.11. The van der Waals surface area contributed by atoms with Gasteiger partial charge in [0.15, 0.2) is 0 Å². The molecule has 0 aromatic heterocycles. The fourth-order valence-corrected chi connectivity index (χ4v) is 3.45. The summed E-state index contributed by atoms with van der Waals surface area (Å²) >= 11 is 0. The standard InChI is InChI=1S/C18H21NO5/c1-9-10(2)14-8-24-18(22)16(14)17(19)13(9)4-3-11-6-23-7-12(11)5-15(20)21/h3,12H,4-8,19H2,1-2H3,(H,20,21)/b11-3-. The molecule has 0 spiro atoms. The second kappa shape index (κ2) is 6.28. The van der Waals surface area contributed by atoms with E-state index in [2.05, 4.69) is 0 Å². The number of cyclic esters (lactones) is 1. The number of hydrogen-bond acceptors (Lipinski definition) is 5. The average molecular weight is 331 g/mol. The summed E-state index contributed by atoms with van der Waals surface area (Å²) < 4.78 is 10.5. The van der Waals surface area contributed by atoms with E-state index >= 15 is 0 Å². The summed E-state index contributed by atoms with van der Waals surface area (Å²) in [6.07, 6.45) is 2.61. The lowest BCUT2D eigenvalue weighted by atomic mass is 9.89. The number of aliphatic carboxylic acids is 1. The Morgan fingerprint density at radius 1 is 1.33 bits per heavy atom. The van der Waals surface area contributed by atoms with Gasteiger partial charge in [0.25, 0.3) is 0 Å². The molecule has 1 unspecified atom stereocenters. The molecule has 6 heteroatoms. The number of allylic oxidation sites excluding steroid dienone is 1. The number of carboxylic acid groups (broad SMARTS) is 1. The van der Waals surface area contributed by atoms with Crippen LogP contribution in [0.4, 0.5) is 5.69 Å². The number of carbonyl (C=O) groups is 2. The summed E-state index contributed by atoms with van der Waals surface area (Å²) in [6.45, 7) is 5.12. The molecule has 1 saturated heterocycles. The maximum Gasteiger partial charge on any atom is 0.341 e. The van der Waals surface area contributed by atoms with Crippen LogP contribution in [-0.4, -0.2) is 30.3 Å². The van der Waals surface area contributed by atoms with Crippen LogP contribution in [0, 0.1) is 19.8 Å². The van der Waals surface area contributed by atoms with Crippen molar-refractivity contribution in [3.63, 3.8) is 0 Å². The van der Waals surface area contributed by atoms with Crippen molar-refractivity contribution in [2.24, 2.45) is 5.92 Å². The highest BCUT2D eigenvalue weighted by atomic mass is 16.5. The SMILES string of the molecule is Cc1c(C)c2c(c(N)c1C/C=C1/COCC1CC(=O)O)C(=O)OC2. The molecular weight excluding hydrogens is 310 g/mol. The first-order chi connectivity index (χ1) is 11.4. The van der Waals surface area contributed by atoms with Gasteiger partial charge >= 0.3 is 11.9 Å². The van der Waals surface area contributed by atoms with Crippen LogP contribution in [0.15, 0.2) is 11.6 Å². The molecule has 24 heavy (non-hydrogen) atoms. The van der Waals surface area contributed by atoms with E-state index in [-0.39, 0.29) is 24.9 Å². The number of carboxylic acids is 1. The number of esters is 1. The number of fused-ring (bicyclic) bond motifs is 1. The lowest BCUT2D eigenvalue weighted by Gasteiger charge is -2.15. The number of benzene rings is 1. The summed E-state index contributed by atoms with van der Waals surface area (Å²) in [5, 5.41) is 8.98. The normalized spacial score (nSPS) is 21.2. The summed E-state index contributed by atoms with van der Waals surface area (Å²) in [5.41, 5.74) is 12.0. The van der Waals surface area contributed by atoms with Gasteiger partial charge in [-0.1, -0.05) is 6.08 Å². The van der Waals surface area contributed by atoms with E-state index in [1.165, 1.54) is 0 Å². The van der Waals surface area contributed by atoms with Crippen LogP contribution < -0.4 is 5.73 Å². The summed E-state index contributed by atoms with van der Waals surface area (Å²) in [5.74, 6) is -1.29. The Labute approximate surface area is 140 Å². The summed E-state index contributed by atoms with van der Waals surface area (Å²) in [7, 11) is 0. The Kier molecular flexibility index (Phi) is 4.32. The monoisotopic (exact) mass is 331 g/mol. The van der Waals surface area contributed by atoms with E-state index in [9.17, 15) is 9.59 Å². The van der Waals surface area contributed by atoms with Gasteiger partial charge < -0.3 is 20.3 Å². The number of anilines is 1. The van der Waals surface area contributed by atoms with Gasteiger partial charge in [-0.25, -0.2) is 4.79 Å². The number of nitrogens with two attached hydrogens (primary N) is 1. The Balaban J connectivity index is 1.92. The predicted octanol–water partition coefficient (Wildman–Crippen LogP) is 2.15. The predicted molar refractivity (Wildman–Crippen MR) is 87.8 cm³/mol. The van der Waals surface area contributed by atoms with Gasteiger partial charge in [-0.05, 0) is 42.5 Å². The van der Waals surface area contributed by atoms with Crippen LogP contribution in [-0.2, 0) is 27.3 Å². The number of carbonyl (C=O) groups excluding carboxylic acids is 1. The van der Waals surface area contributed by atoms with Crippen LogP contribution in [0.3, 0.4) is 0 Å². The number of ether oxygens (including phenoxy) is 2. The highest BCUT2D eigenvalue weighted by Gasteiger charge is 2.29. The van der Waals surface area contributed by atoms with Crippen molar-refractivity contribution in [2.45, 2.75) is 33.3 Å². The summed E-state index contributed by atoms with van der Waals surface area (Å²) in [6, 6.07) is 0. The molecule has 6 nitrogen and oxygen atoms in total. The van der Waals surface area contributed by atoms with Gasteiger partial charge in [0, 0.05) is 11.5 Å². The second-order valence-electron chi connectivity index (χ2n) is 6.36. The lowest BCUT2D eigenvalue weighted by molar-refractivity contribution is -0.137. The van der Waals surface area contributed by atoms with E-state index in [0.717, 1.165) is 27.8 Å². The van der Waals surface area contributed by atoms with Crippen LogP contribution in [0.25, 0.3) is 0 Å². The molecule has 2 aliphatic rings. The molecule has 3 N–H and O–H groups in total. The Morgan fingerprint density at radius 2 is 2.08 bits per heavy atom. The van der Waals surface area contributed by atoms with Crippen molar-refractivity contribution >= 4 is 17.6 Å². The zero-order chi connectivity index (χ0) is 17.4. The topological polar surface area (TPSA) is 98.9 Å². The van der Waals surface area contributed by atoms with E-state index in [1.807, 2.05) is 19.9 Å². The molecular formula is C18H21NO5. The molecule has 0 radical (unpaired) electrons. The van der Waals surface area contributed by atoms with Crippen molar-refractivity contribution < 1.29 is 24.2 Å². The maximum atomic E-state index is 11.9. The van der Waals surface area contributed by atoms with Gasteiger partial charge in [0.05, 0.1) is 30.9 Å². The van der Waals surface area contributed by atoms with Crippen LogP contribution in [0.1, 0.15) is 39.0 Å². The molecule has 1 atom stereocenters. The maximum absolute atomic E-state index is 11.9. The summed E-state index contributed by atoms with van der Waals surface area (Å²) in [4.78, 5) is 22.9. The van der Waals surface area contributed by atoms with E-state index in [0.29, 0.717) is 30.9 Å². The fourth-order valence-electron chi connectivity index (χ4n) is 3.45. The molecule has 0 aliphatic carbocycles. The second-order valence-corrected chi connectivity index (χ2v) is 6.36. The molecule has 0 saturated carbocycles. The van der Waals surface area contributed by atoms with Crippen LogP contribution in [0.5, 0.6) is 0 Å². The van der Waals surface area contributed by atoms with Gasteiger partial charge in [0.1, 0.15) is 6.61 Å². The first kappa shape index (κ1) is 16.5. The zero-order valence-electron chi connectivity index (χ0n) is 13.8. The minimum Gasteiger partial charge on any atom is -0.481 e. The Bertz CT molecular complexity index is 751. The molecule has 1 fully saturated rings. The highest BCUT2D eigenvalue weighted by Crippen LogP contribution is 2.35. The Hall–Kier alpha value is -2.34. The van der Waals surface area contributed by atoms with Crippen LogP contribution in [0.2, 0.25) is 0 Å². The van der Waals surface area contributed by atoms with Gasteiger partial charge in [-0.3, -0.25) is 4.79 Å². The smallest absolute Gasteiger partial charge is 0.341 e. The third-order valence-corrected chi connectivity index (χ3v) is 5.02. The van der Waals surface area contributed by atoms with Crippen molar-refractivity contribution in [2.75, 3.05) is 18.9 Å². The van der Waals surface area contributed by atoms with E-state index in [4.69, 9.17) is 20.3 Å². The quantitative estimate of drug-likeness (QED) is 0.498. The van der Waals surface area contributed by atoms with Crippen molar-refractivity contribution in [1.82, 2.24) is 0 Å².